The molecule has 2 aromatic heterocycles. The molecule has 0 radical (unpaired) electrons. The number of thioether (sulfide) groups is 1. The van der Waals surface area contributed by atoms with Gasteiger partial charge in [0.05, 0.1) is 34.2 Å². The first-order valence-corrected chi connectivity index (χ1v) is 13.7. The molecule has 4 aromatic rings. The lowest BCUT2D eigenvalue weighted by Crippen LogP contribution is -2.34. The van der Waals surface area contributed by atoms with Gasteiger partial charge >= 0.3 is 0 Å². The summed E-state index contributed by atoms with van der Waals surface area (Å²) < 4.78 is 7.95. The number of ether oxygens (including phenoxy) is 1. The summed E-state index contributed by atoms with van der Waals surface area (Å²) in [5.74, 6) is 0.631. The van der Waals surface area contributed by atoms with Gasteiger partial charge in [0.15, 0.2) is 5.16 Å². The van der Waals surface area contributed by atoms with Gasteiger partial charge in [0.2, 0.25) is 0 Å². The third kappa shape index (κ3) is 4.67. The van der Waals surface area contributed by atoms with E-state index in [0.717, 1.165) is 44.6 Å². The van der Waals surface area contributed by atoms with E-state index in [-0.39, 0.29) is 11.2 Å². The number of hydrogen-bond acceptors (Lipinski definition) is 5. The van der Waals surface area contributed by atoms with Gasteiger partial charge in [-0.25, -0.2) is 4.98 Å². The molecular formula is C26H24Cl2N2O2S2. The normalized spacial score (nSPS) is 17.8. The van der Waals surface area contributed by atoms with Crippen molar-refractivity contribution in [1.82, 2.24) is 9.55 Å². The van der Waals surface area contributed by atoms with Crippen LogP contribution in [0.1, 0.15) is 41.8 Å². The van der Waals surface area contributed by atoms with Crippen molar-refractivity contribution in [2.24, 2.45) is 0 Å². The molecule has 0 saturated heterocycles. The minimum Gasteiger partial charge on any atom is -0.369 e. The molecule has 1 aliphatic rings. The molecule has 2 aromatic carbocycles. The number of nitrogens with zero attached hydrogens (tertiary/aromatic N) is 2. The van der Waals surface area contributed by atoms with Crippen molar-refractivity contribution in [3.8, 4) is 0 Å². The Kier molecular flexibility index (Phi) is 6.79. The second-order valence-electron chi connectivity index (χ2n) is 8.76. The van der Waals surface area contributed by atoms with E-state index < -0.39 is 0 Å². The summed E-state index contributed by atoms with van der Waals surface area (Å²) in [5.41, 5.74) is 2.96. The Hall–Kier alpha value is -1.83. The Balaban J connectivity index is 1.59. The van der Waals surface area contributed by atoms with Crippen LogP contribution in [0.2, 0.25) is 10.0 Å². The quantitative estimate of drug-likeness (QED) is 0.193. The van der Waals surface area contributed by atoms with E-state index in [9.17, 15) is 4.79 Å². The highest BCUT2D eigenvalue weighted by atomic mass is 35.5. The zero-order valence-corrected chi connectivity index (χ0v) is 22.1. The Morgan fingerprint density at radius 3 is 2.68 bits per heavy atom. The van der Waals surface area contributed by atoms with E-state index in [1.54, 1.807) is 17.4 Å². The van der Waals surface area contributed by atoms with Crippen LogP contribution in [0.4, 0.5) is 0 Å². The first-order chi connectivity index (χ1) is 16.4. The molecular weight excluding hydrogens is 507 g/mol. The lowest BCUT2D eigenvalue weighted by Gasteiger charge is -2.32. The van der Waals surface area contributed by atoms with Crippen LogP contribution >= 0.6 is 46.3 Å². The van der Waals surface area contributed by atoms with Crippen molar-refractivity contribution >= 4 is 56.5 Å². The summed E-state index contributed by atoms with van der Waals surface area (Å²) in [6, 6.07) is 15.6. The van der Waals surface area contributed by atoms with Crippen LogP contribution in [0.3, 0.4) is 0 Å². The molecule has 0 unspecified atom stereocenters. The van der Waals surface area contributed by atoms with Gasteiger partial charge in [-0.2, -0.15) is 0 Å². The number of thiophene rings is 1. The van der Waals surface area contributed by atoms with Crippen molar-refractivity contribution in [2.45, 2.75) is 56.4 Å². The number of halogens is 2. The molecule has 0 aliphatic carbocycles. The number of aromatic nitrogens is 2. The molecule has 1 atom stereocenters. The summed E-state index contributed by atoms with van der Waals surface area (Å²) >= 11 is 15.4. The SMILES string of the molecule is CC[C@]1(C)Cc2c(sc3nc(SCc4ccc(Cl)c(Cl)c4)n(Cc4ccccc4)c(=O)c23)CO1. The first kappa shape index (κ1) is 23.9. The Labute approximate surface area is 216 Å². The van der Waals surface area contributed by atoms with Gasteiger partial charge in [-0.1, -0.05) is 78.3 Å². The highest BCUT2D eigenvalue weighted by Gasteiger charge is 2.33. The maximum Gasteiger partial charge on any atom is 0.263 e. The lowest BCUT2D eigenvalue weighted by molar-refractivity contribution is -0.0543. The number of benzene rings is 2. The summed E-state index contributed by atoms with van der Waals surface area (Å²) in [5, 5.41) is 2.50. The van der Waals surface area contributed by atoms with Crippen LogP contribution in [-0.4, -0.2) is 15.2 Å². The third-order valence-corrected chi connectivity index (χ3v) is 9.23. The van der Waals surface area contributed by atoms with Crippen molar-refractivity contribution in [1.29, 1.82) is 0 Å². The van der Waals surface area contributed by atoms with Crippen LogP contribution < -0.4 is 5.56 Å². The van der Waals surface area contributed by atoms with Crippen LogP contribution in [0.25, 0.3) is 10.2 Å². The van der Waals surface area contributed by atoms with E-state index in [2.05, 4.69) is 13.8 Å². The molecule has 1 aliphatic heterocycles. The van der Waals surface area contributed by atoms with Gasteiger partial charge in [0.1, 0.15) is 4.83 Å². The molecule has 0 bridgehead atoms. The van der Waals surface area contributed by atoms with Gasteiger partial charge in [-0.15, -0.1) is 11.3 Å². The summed E-state index contributed by atoms with van der Waals surface area (Å²) in [6.45, 7) is 5.25. The first-order valence-electron chi connectivity index (χ1n) is 11.2. The zero-order valence-electron chi connectivity index (χ0n) is 18.9. The molecule has 5 rings (SSSR count). The van der Waals surface area contributed by atoms with Crippen LogP contribution in [0, 0.1) is 0 Å². The van der Waals surface area contributed by atoms with Gasteiger partial charge in [-0.05, 0) is 42.2 Å². The average molecular weight is 532 g/mol. The van der Waals surface area contributed by atoms with Gasteiger partial charge in [-0.3, -0.25) is 9.36 Å². The fraction of sp³-hybridized carbons (Fsp3) is 0.308. The van der Waals surface area contributed by atoms with Crippen molar-refractivity contribution in [3.05, 3.63) is 90.5 Å². The van der Waals surface area contributed by atoms with Gasteiger partial charge in [0.25, 0.3) is 5.56 Å². The number of hydrogen-bond donors (Lipinski definition) is 0. The molecule has 176 valence electrons. The number of fused-ring (bicyclic) bond motifs is 3. The summed E-state index contributed by atoms with van der Waals surface area (Å²) in [6.07, 6.45) is 1.63. The van der Waals surface area contributed by atoms with Crippen LogP contribution in [-0.2, 0) is 30.1 Å². The molecule has 8 heteroatoms. The Morgan fingerprint density at radius 1 is 1.15 bits per heavy atom. The smallest absolute Gasteiger partial charge is 0.263 e. The van der Waals surface area contributed by atoms with E-state index in [4.69, 9.17) is 32.9 Å². The molecule has 3 heterocycles. The predicted molar refractivity (Wildman–Crippen MR) is 143 cm³/mol. The predicted octanol–water partition coefficient (Wildman–Crippen LogP) is 7.35. The van der Waals surface area contributed by atoms with Crippen molar-refractivity contribution < 1.29 is 4.74 Å². The second-order valence-corrected chi connectivity index (χ2v) is 11.6. The Bertz CT molecular complexity index is 1420. The monoisotopic (exact) mass is 530 g/mol. The highest BCUT2D eigenvalue weighted by molar-refractivity contribution is 7.98. The second kappa shape index (κ2) is 9.67. The standard InChI is InChI=1S/C26H24Cl2N2O2S2/c1-3-26(2)12-18-21(14-32-26)34-23-22(18)24(31)30(13-16-7-5-4-6-8-16)25(29-23)33-15-17-9-10-19(27)20(28)11-17/h4-11H,3,12-15H2,1-2H3/t26-/m1/s1. The van der Waals surface area contributed by atoms with E-state index in [1.807, 2.05) is 47.0 Å². The fourth-order valence-corrected chi connectivity index (χ4v) is 6.56. The summed E-state index contributed by atoms with van der Waals surface area (Å²) in [7, 11) is 0. The minimum absolute atomic E-state index is 0.0170. The molecule has 0 spiro atoms. The van der Waals surface area contributed by atoms with E-state index in [1.165, 1.54) is 11.8 Å². The largest absolute Gasteiger partial charge is 0.369 e. The van der Waals surface area contributed by atoms with Crippen LogP contribution in [0.5, 0.6) is 0 Å². The maximum absolute atomic E-state index is 13.9. The van der Waals surface area contributed by atoms with E-state index >= 15 is 0 Å². The summed E-state index contributed by atoms with van der Waals surface area (Å²) in [4.78, 5) is 20.8. The third-order valence-electron chi connectivity index (χ3n) is 6.35. The maximum atomic E-state index is 13.9. The molecule has 0 amide bonds. The fourth-order valence-electron chi connectivity index (χ4n) is 4.15. The molecule has 0 N–H and O–H groups in total. The van der Waals surface area contributed by atoms with Crippen molar-refractivity contribution in [3.63, 3.8) is 0 Å². The molecule has 0 saturated carbocycles. The Morgan fingerprint density at radius 2 is 1.94 bits per heavy atom. The van der Waals surface area contributed by atoms with Crippen molar-refractivity contribution in [2.75, 3.05) is 0 Å². The lowest BCUT2D eigenvalue weighted by atomic mass is 9.90. The topological polar surface area (TPSA) is 44.1 Å². The zero-order chi connectivity index (χ0) is 23.9. The molecule has 0 fully saturated rings. The van der Waals surface area contributed by atoms with E-state index in [0.29, 0.717) is 34.1 Å². The van der Waals surface area contributed by atoms with Gasteiger partial charge < -0.3 is 4.74 Å². The highest BCUT2D eigenvalue weighted by Crippen LogP contribution is 2.39. The molecule has 4 nitrogen and oxygen atoms in total. The molecule has 34 heavy (non-hydrogen) atoms. The van der Waals surface area contributed by atoms with Crippen LogP contribution in [0.15, 0.2) is 58.5 Å². The van der Waals surface area contributed by atoms with Gasteiger partial charge in [0, 0.05) is 17.1 Å². The minimum atomic E-state index is -0.251. The average Bonchev–Trinajstić information content (AvgIpc) is 3.20. The number of rotatable bonds is 6.